The Morgan fingerprint density at radius 3 is 2.73 bits per heavy atom. The number of hydrogen-bond donors (Lipinski definition) is 2. The number of fused-ring (bicyclic) bond motifs is 1. The second kappa shape index (κ2) is 14.8. The number of aromatic amines is 1. The molecule has 0 unspecified atom stereocenters. The first-order valence-electron chi connectivity index (χ1n) is 14.1. The Bertz CT molecular complexity index is 1300. The van der Waals surface area contributed by atoms with Crippen molar-refractivity contribution in [3.05, 3.63) is 45.9 Å². The van der Waals surface area contributed by atoms with Crippen LogP contribution in [0, 0.1) is 0 Å². The van der Waals surface area contributed by atoms with Gasteiger partial charge in [0.2, 0.25) is 0 Å². The zero-order chi connectivity index (χ0) is 28.3. The molecule has 218 valence electrons. The van der Waals surface area contributed by atoms with E-state index in [1.165, 1.54) is 0 Å². The van der Waals surface area contributed by atoms with E-state index >= 15 is 0 Å². The van der Waals surface area contributed by atoms with Crippen LogP contribution >= 0.6 is 0 Å². The second-order valence-corrected chi connectivity index (χ2v) is 10.2. The molecule has 0 saturated carbocycles. The number of morpholine rings is 1. The van der Waals surface area contributed by atoms with E-state index in [-0.39, 0.29) is 23.9 Å². The minimum absolute atomic E-state index is 0.0968. The number of anilines is 1. The number of nitrogens with one attached hydrogen (secondary N) is 1. The van der Waals surface area contributed by atoms with Crippen molar-refractivity contribution in [3.8, 4) is 6.01 Å². The smallest absolute Gasteiger partial charge is 0.327 e. The fourth-order valence-corrected chi connectivity index (χ4v) is 4.86. The number of rotatable bonds is 16. The molecule has 3 aromatic rings. The first-order valence-corrected chi connectivity index (χ1v) is 14.1. The number of nitrogens with zero attached hydrogens (tertiary/aromatic N) is 5. The Labute approximate surface area is 234 Å². The lowest BCUT2D eigenvalue weighted by molar-refractivity contribution is -0.304. The van der Waals surface area contributed by atoms with Crippen LogP contribution in [-0.2, 0) is 29.0 Å². The van der Waals surface area contributed by atoms with E-state index in [1.807, 2.05) is 24.3 Å². The standard InChI is InChI=1S/C28H41N7O5/c1-2-3-15-40-27-31-25(29)24-26(32-27)35(28(38)30-24)10-5-4-9-34(12-11-33-13-16-39-17-14-33)20-22-8-6-7-21(18-22)19-23(36)37/h6-8,18H,2-5,9-17,19-20H2,1H3,(H,30,38)(H,36,37)(H2,29,31,32)/p-1. The summed E-state index contributed by atoms with van der Waals surface area (Å²) in [5, 5.41) is 11.1. The zero-order valence-electron chi connectivity index (χ0n) is 23.3. The molecular weight excluding hydrogens is 514 g/mol. The quantitative estimate of drug-likeness (QED) is 0.243. The second-order valence-electron chi connectivity index (χ2n) is 10.2. The number of carbonyl (C=O) groups excluding carboxylic acids is 1. The summed E-state index contributed by atoms with van der Waals surface area (Å²) >= 11 is 0. The number of aryl methyl sites for hydroxylation is 1. The number of carbonyl (C=O) groups is 1. The van der Waals surface area contributed by atoms with Crippen LogP contribution in [0.3, 0.4) is 0 Å². The monoisotopic (exact) mass is 554 g/mol. The maximum atomic E-state index is 12.7. The molecule has 2 aromatic heterocycles. The van der Waals surface area contributed by atoms with Gasteiger partial charge in [-0.25, -0.2) is 4.79 Å². The van der Waals surface area contributed by atoms with Crippen molar-refractivity contribution in [1.82, 2.24) is 29.3 Å². The van der Waals surface area contributed by atoms with Crippen LogP contribution in [0.2, 0.25) is 0 Å². The predicted molar refractivity (Wildman–Crippen MR) is 150 cm³/mol. The topological polar surface area (TPSA) is 155 Å². The van der Waals surface area contributed by atoms with Gasteiger partial charge in [0.15, 0.2) is 11.5 Å². The molecule has 3 N–H and O–H groups in total. The van der Waals surface area contributed by atoms with E-state index in [1.54, 1.807) is 4.57 Å². The summed E-state index contributed by atoms with van der Waals surface area (Å²) < 4.78 is 12.7. The predicted octanol–water partition coefficient (Wildman–Crippen LogP) is 0.788. The summed E-state index contributed by atoms with van der Waals surface area (Å²) in [6.07, 6.45) is 3.40. The molecule has 4 rings (SSSR count). The number of unbranched alkanes of at least 4 members (excludes halogenated alkanes) is 2. The van der Waals surface area contributed by atoms with Gasteiger partial charge < -0.3 is 30.1 Å². The SMILES string of the molecule is CCCCOc1nc(N)c2[nH]c(=O)n(CCCCN(CCN3CCOCC3)Cc3cccc(CC(=O)[O-])c3)c2n1. The lowest BCUT2D eigenvalue weighted by Crippen LogP contribution is -2.41. The molecule has 1 aliphatic rings. The minimum atomic E-state index is -1.08. The van der Waals surface area contributed by atoms with Gasteiger partial charge >= 0.3 is 11.7 Å². The highest BCUT2D eigenvalue weighted by atomic mass is 16.5. The van der Waals surface area contributed by atoms with Crippen molar-refractivity contribution >= 4 is 23.0 Å². The summed E-state index contributed by atoms with van der Waals surface area (Å²) in [5.74, 6) is -0.886. The number of imidazole rings is 1. The van der Waals surface area contributed by atoms with Crippen LogP contribution in [0.15, 0.2) is 29.1 Å². The zero-order valence-corrected chi connectivity index (χ0v) is 23.3. The van der Waals surface area contributed by atoms with Crippen LogP contribution in [-0.4, -0.2) is 87.8 Å². The first-order chi connectivity index (χ1) is 19.4. The van der Waals surface area contributed by atoms with Crippen molar-refractivity contribution in [2.24, 2.45) is 0 Å². The number of hydrogen-bond acceptors (Lipinski definition) is 10. The van der Waals surface area contributed by atoms with E-state index in [4.69, 9.17) is 15.2 Å². The summed E-state index contributed by atoms with van der Waals surface area (Å²) in [6.45, 7) is 9.75. The van der Waals surface area contributed by atoms with Crippen molar-refractivity contribution in [1.29, 1.82) is 0 Å². The average molecular weight is 555 g/mol. The van der Waals surface area contributed by atoms with Gasteiger partial charge in [-0.15, -0.1) is 0 Å². The van der Waals surface area contributed by atoms with Crippen LogP contribution in [0.4, 0.5) is 5.82 Å². The number of H-pyrrole nitrogens is 1. The van der Waals surface area contributed by atoms with E-state index < -0.39 is 5.97 Å². The number of aromatic nitrogens is 4. The number of nitrogens with two attached hydrogens (primary N) is 1. The van der Waals surface area contributed by atoms with Crippen LogP contribution < -0.4 is 21.3 Å². The van der Waals surface area contributed by atoms with Crippen molar-refractivity contribution in [2.45, 2.75) is 52.1 Å². The van der Waals surface area contributed by atoms with E-state index in [9.17, 15) is 14.7 Å². The van der Waals surface area contributed by atoms with Gasteiger partial charge in [0.05, 0.1) is 19.8 Å². The van der Waals surface area contributed by atoms with Gasteiger partial charge in [-0.2, -0.15) is 9.97 Å². The number of carboxylic acid groups (broad SMARTS) is 1. The highest BCUT2D eigenvalue weighted by Gasteiger charge is 2.16. The molecule has 0 atom stereocenters. The van der Waals surface area contributed by atoms with Crippen LogP contribution in [0.5, 0.6) is 6.01 Å². The Morgan fingerprint density at radius 2 is 1.95 bits per heavy atom. The van der Waals surface area contributed by atoms with Crippen LogP contribution in [0.1, 0.15) is 43.7 Å². The summed E-state index contributed by atoms with van der Waals surface area (Å²) in [4.78, 5) is 39.9. The minimum Gasteiger partial charge on any atom is -0.550 e. The Morgan fingerprint density at radius 1 is 1.15 bits per heavy atom. The normalized spacial score (nSPS) is 14.2. The Balaban J connectivity index is 1.39. The maximum absolute atomic E-state index is 12.7. The van der Waals surface area contributed by atoms with E-state index in [0.29, 0.717) is 30.9 Å². The van der Waals surface area contributed by atoms with Gasteiger partial charge in [-0.1, -0.05) is 37.6 Å². The van der Waals surface area contributed by atoms with Crippen LogP contribution in [0.25, 0.3) is 11.2 Å². The first kappa shape index (κ1) is 29.5. The fourth-order valence-electron chi connectivity index (χ4n) is 4.86. The lowest BCUT2D eigenvalue weighted by atomic mass is 10.1. The Kier molecular flexibility index (Phi) is 10.9. The summed E-state index contributed by atoms with van der Waals surface area (Å²) in [6, 6.07) is 7.85. The highest BCUT2D eigenvalue weighted by molar-refractivity contribution is 5.81. The number of aliphatic carboxylic acids is 1. The summed E-state index contributed by atoms with van der Waals surface area (Å²) in [7, 11) is 0. The third kappa shape index (κ3) is 8.51. The largest absolute Gasteiger partial charge is 0.550 e. The molecule has 0 amide bonds. The molecule has 40 heavy (non-hydrogen) atoms. The Hall–Kier alpha value is -3.48. The van der Waals surface area contributed by atoms with Gasteiger partial charge in [0.1, 0.15) is 5.52 Å². The van der Waals surface area contributed by atoms with E-state index in [2.05, 4.69) is 31.7 Å². The molecule has 1 fully saturated rings. The summed E-state index contributed by atoms with van der Waals surface area (Å²) in [5.41, 5.74) is 8.50. The van der Waals surface area contributed by atoms with E-state index in [0.717, 1.165) is 82.7 Å². The molecule has 0 radical (unpaired) electrons. The van der Waals surface area contributed by atoms with Crippen molar-refractivity contribution in [2.75, 3.05) is 58.3 Å². The van der Waals surface area contributed by atoms with Crippen molar-refractivity contribution in [3.63, 3.8) is 0 Å². The third-order valence-electron chi connectivity index (χ3n) is 7.05. The third-order valence-corrected chi connectivity index (χ3v) is 7.05. The molecular formula is C28H40N7O5-. The van der Waals surface area contributed by atoms with Gasteiger partial charge in [-0.05, 0) is 36.9 Å². The molecule has 1 aromatic carbocycles. The molecule has 1 aliphatic heterocycles. The van der Waals surface area contributed by atoms with Gasteiger partial charge in [0.25, 0.3) is 0 Å². The number of ether oxygens (including phenoxy) is 2. The molecule has 3 heterocycles. The van der Waals surface area contributed by atoms with Gasteiger partial charge in [-0.3, -0.25) is 14.4 Å². The molecule has 0 aliphatic carbocycles. The fraction of sp³-hybridized carbons (Fsp3) is 0.571. The maximum Gasteiger partial charge on any atom is 0.327 e. The molecule has 1 saturated heterocycles. The van der Waals surface area contributed by atoms with Gasteiger partial charge in [0, 0.05) is 51.7 Å². The average Bonchev–Trinajstić information content (AvgIpc) is 3.25. The molecule has 0 bridgehead atoms. The molecule has 0 spiro atoms. The number of nitrogen functional groups attached to an aromatic ring is 1. The molecule has 12 heteroatoms. The highest BCUT2D eigenvalue weighted by Crippen LogP contribution is 2.18. The molecule has 12 nitrogen and oxygen atoms in total. The number of carboxylic acids is 1. The lowest BCUT2D eigenvalue weighted by Gasteiger charge is -2.30. The van der Waals surface area contributed by atoms with Crippen molar-refractivity contribution < 1.29 is 19.4 Å². The number of benzene rings is 1.